The van der Waals surface area contributed by atoms with E-state index in [1.54, 1.807) is 7.05 Å². The molecule has 0 saturated heterocycles. The number of amides is 1. The van der Waals surface area contributed by atoms with E-state index in [-0.39, 0.29) is 11.6 Å². The molecule has 1 aromatic heterocycles. The van der Waals surface area contributed by atoms with Crippen LogP contribution in [0.1, 0.15) is 20.9 Å². The molecule has 5 nitrogen and oxygen atoms in total. The molecule has 2 aromatic rings. The van der Waals surface area contributed by atoms with Crippen molar-refractivity contribution in [2.24, 2.45) is 0 Å². The Bertz CT molecular complexity index is 624. The standard InChI is InChI=1S/C12H11F3N4OS/c1-16-11-19-18-10(21-11)9(20)17-6-7-2-4-8(5-3-7)12(13,14)15/h2-5H,6H2,1H3,(H,16,19)(H,17,20). The summed E-state index contributed by atoms with van der Waals surface area (Å²) in [6.07, 6.45) is -4.36. The average molecular weight is 316 g/mol. The van der Waals surface area contributed by atoms with E-state index in [2.05, 4.69) is 20.8 Å². The number of alkyl halides is 3. The molecule has 1 amide bonds. The van der Waals surface area contributed by atoms with Gasteiger partial charge in [-0.05, 0) is 17.7 Å². The highest BCUT2D eigenvalue weighted by Crippen LogP contribution is 2.29. The highest BCUT2D eigenvalue weighted by molar-refractivity contribution is 7.17. The maximum absolute atomic E-state index is 12.4. The molecule has 0 saturated carbocycles. The van der Waals surface area contributed by atoms with Crippen LogP contribution in [-0.2, 0) is 12.7 Å². The summed E-state index contributed by atoms with van der Waals surface area (Å²) >= 11 is 1.09. The topological polar surface area (TPSA) is 66.9 Å². The molecule has 2 N–H and O–H groups in total. The molecule has 0 fully saturated rings. The van der Waals surface area contributed by atoms with Crippen LogP contribution in [0.4, 0.5) is 18.3 Å². The second kappa shape index (κ2) is 6.08. The van der Waals surface area contributed by atoms with Crippen molar-refractivity contribution in [2.45, 2.75) is 12.7 Å². The smallest absolute Gasteiger partial charge is 0.363 e. The van der Waals surface area contributed by atoms with Crippen LogP contribution in [0.15, 0.2) is 24.3 Å². The van der Waals surface area contributed by atoms with Gasteiger partial charge >= 0.3 is 6.18 Å². The lowest BCUT2D eigenvalue weighted by Crippen LogP contribution is -2.22. The minimum absolute atomic E-state index is 0.117. The fourth-order valence-electron chi connectivity index (χ4n) is 1.49. The first-order valence-corrected chi connectivity index (χ1v) is 6.67. The summed E-state index contributed by atoms with van der Waals surface area (Å²) in [5.74, 6) is -0.422. The molecule has 1 heterocycles. The Morgan fingerprint density at radius 3 is 2.43 bits per heavy atom. The Kier molecular flexibility index (Phi) is 4.41. The Morgan fingerprint density at radius 2 is 1.90 bits per heavy atom. The average Bonchev–Trinajstić information content (AvgIpc) is 2.93. The lowest BCUT2D eigenvalue weighted by atomic mass is 10.1. The molecule has 0 aliphatic heterocycles. The number of rotatable bonds is 4. The van der Waals surface area contributed by atoms with Gasteiger partial charge in [0.25, 0.3) is 5.91 Å². The summed E-state index contributed by atoms with van der Waals surface area (Å²) in [5.41, 5.74) is -0.157. The fourth-order valence-corrected chi connectivity index (χ4v) is 2.10. The van der Waals surface area contributed by atoms with Crippen molar-refractivity contribution in [1.82, 2.24) is 15.5 Å². The Balaban J connectivity index is 1.95. The third-order valence-electron chi connectivity index (χ3n) is 2.57. The minimum Gasteiger partial charge on any atom is -0.363 e. The van der Waals surface area contributed by atoms with Gasteiger partial charge < -0.3 is 10.6 Å². The number of nitrogens with one attached hydrogen (secondary N) is 2. The van der Waals surface area contributed by atoms with Crippen molar-refractivity contribution in [2.75, 3.05) is 12.4 Å². The number of anilines is 1. The summed E-state index contributed by atoms with van der Waals surface area (Å²) < 4.78 is 37.2. The Morgan fingerprint density at radius 1 is 1.24 bits per heavy atom. The molecule has 0 radical (unpaired) electrons. The molecule has 9 heteroatoms. The number of carbonyl (C=O) groups is 1. The number of benzene rings is 1. The Labute approximate surface area is 122 Å². The first kappa shape index (κ1) is 15.2. The first-order chi connectivity index (χ1) is 9.90. The van der Waals surface area contributed by atoms with Crippen LogP contribution < -0.4 is 10.6 Å². The summed E-state index contributed by atoms with van der Waals surface area (Å²) in [6.45, 7) is 0.117. The lowest BCUT2D eigenvalue weighted by Gasteiger charge is -2.08. The molecule has 1 aromatic carbocycles. The van der Waals surface area contributed by atoms with E-state index in [1.165, 1.54) is 12.1 Å². The predicted octanol–water partition coefficient (Wildman–Crippen LogP) is 2.53. The van der Waals surface area contributed by atoms with Crippen molar-refractivity contribution in [3.8, 4) is 0 Å². The molecule has 0 aliphatic rings. The second-order valence-corrected chi connectivity index (χ2v) is 5.02. The molecule has 0 aliphatic carbocycles. The number of halogens is 3. The van der Waals surface area contributed by atoms with Crippen LogP contribution in [0.2, 0.25) is 0 Å². The molecule has 21 heavy (non-hydrogen) atoms. The first-order valence-electron chi connectivity index (χ1n) is 5.86. The third-order valence-corrected chi connectivity index (χ3v) is 3.51. The van der Waals surface area contributed by atoms with E-state index in [0.717, 1.165) is 23.5 Å². The highest BCUT2D eigenvalue weighted by atomic mass is 32.1. The van der Waals surface area contributed by atoms with Crippen LogP contribution in [0.25, 0.3) is 0 Å². The SMILES string of the molecule is CNc1nnc(C(=O)NCc2ccc(C(F)(F)F)cc2)s1. The largest absolute Gasteiger partial charge is 0.416 e. The van der Waals surface area contributed by atoms with Gasteiger partial charge in [-0.2, -0.15) is 13.2 Å². The molecule has 2 rings (SSSR count). The fraction of sp³-hybridized carbons (Fsp3) is 0.250. The van der Waals surface area contributed by atoms with Gasteiger partial charge in [0.05, 0.1) is 5.56 Å². The van der Waals surface area contributed by atoms with Crippen molar-refractivity contribution < 1.29 is 18.0 Å². The third kappa shape index (κ3) is 3.91. The number of nitrogens with zero attached hydrogens (tertiary/aromatic N) is 2. The van der Waals surface area contributed by atoms with Gasteiger partial charge in [0.15, 0.2) is 0 Å². The quantitative estimate of drug-likeness (QED) is 0.909. The lowest BCUT2D eigenvalue weighted by molar-refractivity contribution is -0.137. The molecule has 0 bridgehead atoms. The molecule has 0 unspecified atom stereocenters. The predicted molar refractivity (Wildman–Crippen MR) is 72.1 cm³/mol. The van der Waals surface area contributed by atoms with Gasteiger partial charge in [0, 0.05) is 13.6 Å². The van der Waals surface area contributed by atoms with Gasteiger partial charge in [-0.25, -0.2) is 0 Å². The van der Waals surface area contributed by atoms with Crippen LogP contribution in [0.5, 0.6) is 0 Å². The Hall–Kier alpha value is -2.16. The van der Waals surface area contributed by atoms with Gasteiger partial charge in [-0.1, -0.05) is 23.5 Å². The molecule has 112 valence electrons. The monoisotopic (exact) mass is 316 g/mol. The van der Waals surface area contributed by atoms with Crippen molar-refractivity contribution in [1.29, 1.82) is 0 Å². The second-order valence-electron chi connectivity index (χ2n) is 4.04. The maximum atomic E-state index is 12.4. The van der Waals surface area contributed by atoms with Crippen molar-refractivity contribution in [3.05, 3.63) is 40.4 Å². The number of hydrogen-bond donors (Lipinski definition) is 2. The summed E-state index contributed by atoms with van der Waals surface area (Å²) in [6, 6.07) is 4.60. The number of hydrogen-bond acceptors (Lipinski definition) is 5. The van der Waals surface area contributed by atoms with E-state index >= 15 is 0 Å². The van der Waals surface area contributed by atoms with Gasteiger partial charge in [0.1, 0.15) is 0 Å². The normalized spacial score (nSPS) is 11.2. The van der Waals surface area contributed by atoms with Gasteiger partial charge in [-0.3, -0.25) is 4.79 Å². The highest BCUT2D eigenvalue weighted by Gasteiger charge is 2.29. The maximum Gasteiger partial charge on any atom is 0.416 e. The number of aromatic nitrogens is 2. The van der Waals surface area contributed by atoms with Crippen molar-refractivity contribution >= 4 is 22.4 Å². The molecule has 0 atom stereocenters. The number of carbonyl (C=O) groups excluding carboxylic acids is 1. The van der Waals surface area contributed by atoms with E-state index in [0.29, 0.717) is 10.7 Å². The summed E-state index contributed by atoms with van der Waals surface area (Å²) in [7, 11) is 1.66. The molecular weight excluding hydrogens is 305 g/mol. The zero-order valence-corrected chi connectivity index (χ0v) is 11.7. The van der Waals surface area contributed by atoms with Crippen LogP contribution in [-0.4, -0.2) is 23.2 Å². The summed E-state index contributed by atoms with van der Waals surface area (Å²) in [4.78, 5) is 11.8. The van der Waals surface area contributed by atoms with Gasteiger partial charge in [-0.15, -0.1) is 10.2 Å². The van der Waals surface area contributed by atoms with Crippen LogP contribution in [0.3, 0.4) is 0 Å². The summed E-state index contributed by atoms with van der Waals surface area (Å²) in [5, 5.41) is 13.4. The van der Waals surface area contributed by atoms with Crippen LogP contribution in [0, 0.1) is 0 Å². The van der Waals surface area contributed by atoms with E-state index in [4.69, 9.17) is 0 Å². The van der Waals surface area contributed by atoms with Gasteiger partial charge in [0.2, 0.25) is 10.1 Å². The molecular formula is C12H11F3N4OS. The van der Waals surface area contributed by atoms with E-state index < -0.39 is 17.6 Å². The minimum atomic E-state index is -4.36. The molecule has 0 spiro atoms. The van der Waals surface area contributed by atoms with E-state index in [9.17, 15) is 18.0 Å². The zero-order chi connectivity index (χ0) is 15.5. The van der Waals surface area contributed by atoms with Crippen LogP contribution >= 0.6 is 11.3 Å². The van der Waals surface area contributed by atoms with Crippen molar-refractivity contribution in [3.63, 3.8) is 0 Å². The van der Waals surface area contributed by atoms with E-state index in [1.807, 2.05) is 0 Å². The zero-order valence-electron chi connectivity index (χ0n) is 10.9.